The van der Waals surface area contributed by atoms with Gasteiger partial charge < -0.3 is 10.2 Å². The van der Waals surface area contributed by atoms with Crippen molar-refractivity contribution < 1.29 is 0 Å². The Morgan fingerprint density at radius 1 is 1.07 bits per heavy atom. The summed E-state index contributed by atoms with van der Waals surface area (Å²) in [7, 11) is 0. The highest BCUT2D eigenvalue weighted by Gasteiger charge is 2.17. The lowest BCUT2D eigenvalue weighted by Gasteiger charge is -2.08. The quantitative estimate of drug-likeness (QED) is 0.574. The van der Waals surface area contributed by atoms with Crippen molar-refractivity contribution in [2.45, 2.75) is 13.1 Å². The summed E-state index contributed by atoms with van der Waals surface area (Å²) in [5.74, 6) is 1.47. The first-order chi connectivity index (χ1) is 13.3. The van der Waals surface area contributed by atoms with Crippen LogP contribution in [0, 0.1) is 0 Å². The highest BCUT2D eigenvalue weighted by Crippen LogP contribution is 2.28. The first-order valence-electron chi connectivity index (χ1n) is 8.80. The molecule has 0 amide bonds. The van der Waals surface area contributed by atoms with Crippen LogP contribution in [-0.4, -0.2) is 25.1 Å². The molecule has 0 saturated heterocycles. The molecule has 0 radical (unpaired) electrons. The third-order valence-electron chi connectivity index (χ3n) is 4.84. The number of nitrogens with zero attached hydrogens (tertiary/aromatic N) is 4. The molecule has 2 aromatic heterocycles. The van der Waals surface area contributed by atoms with Crippen molar-refractivity contribution >= 4 is 22.4 Å². The van der Waals surface area contributed by atoms with E-state index >= 15 is 0 Å². The fraction of sp³-hybridized carbons (Fsp3) is 0.0952. The van der Waals surface area contributed by atoms with E-state index in [1.807, 2.05) is 36.7 Å². The monoisotopic (exact) mass is 354 g/mol. The Kier molecular flexibility index (Phi) is 3.60. The van der Waals surface area contributed by atoms with Gasteiger partial charge in [-0.25, -0.2) is 9.97 Å². The zero-order chi connectivity index (χ0) is 18.2. The van der Waals surface area contributed by atoms with Crippen LogP contribution in [0.1, 0.15) is 11.1 Å². The summed E-state index contributed by atoms with van der Waals surface area (Å²) in [5, 5.41) is 11.4. The second-order valence-electron chi connectivity index (χ2n) is 6.63. The van der Waals surface area contributed by atoms with Crippen molar-refractivity contribution in [3.63, 3.8) is 0 Å². The average molecular weight is 354 g/mol. The third kappa shape index (κ3) is 2.91. The van der Waals surface area contributed by atoms with Gasteiger partial charge in [0.2, 0.25) is 0 Å². The molecule has 3 heterocycles. The molecule has 6 heteroatoms. The molecule has 132 valence electrons. The van der Waals surface area contributed by atoms with Crippen LogP contribution in [-0.2, 0) is 13.1 Å². The van der Waals surface area contributed by atoms with Gasteiger partial charge in [-0.2, -0.15) is 5.10 Å². The molecule has 0 bridgehead atoms. The maximum Gasteiger partial charge on any atom is 0.161 e. The lowest BCUT2D eigenvalue weighted by Crippen LogP contribution is -2.05. The number of H-pyrrole nitrogens is 1. The number of aromatic amines is 1. The van der Waals surface area contributed by atoms with Crippen molar-refractivity contribution in [2.75, 3.05) is 5.32 Å². The van der Waals surface area contributed by atoms with E-state index in [-0.39, 0.29) is 0 Å². The Hall–Kier alpha value is -3.67. The molecule has 4 aromatic rings. The molecule has 0 unspecified atom stereocenters. The molecule has 0 spiro atoms. The lowest BCUT2D eigenvalue weighted by molar-refractivity contribution is 0.400. The minimum Gasteiger partial charge on any atom is -0.369 e. The van der Waals surface area contributed by atoms with Crippen molar-refractivity contribution in [2.24, 2.45) is 0 Å². The molecule has 2 N–H and O–H groups in total. The van der Waals surface area contributed by atoms with Crippen LogP contribution in [0.3, 0.4) is 0 Å². The van der Waals surface area contributed by atoms with Gasteiger partial charge in [0.15, 0.2) is 5.82 Å². The highest BCUT2D eigenvalue weighted by atomic mass is 15.1. The minimum atomic E-state index is 0.712. The van der Waals surface area contributed by atoms with Gasteiger partial charge in [-0.05, 0) is 47.7 Å². The van der Waals surface area contributed by atoms with Crippen LogP contribution in [0.2, 0.25) is 0 Å². The van der Waals surface area contributed by atoms with Gasteiger partial charge in [0.25, 0.3) is 0 Å². The molecule has 0 aliphatic carbocycles. The normalized spacial score (nSPS) is 13.0. The summed E-state index contributed by atoms with van der Waals surface area (Å²) < 4.78 is 0. The first kappa shape index (κ1) is 15.6. The SMILES string of the molecule is C=CN1Cc2ccc(-c3nccc(Nc4ccc5[nH]ncc5c4)n3)cc2C1. The number of aromatic nitrogens is 4. The lowest BCUT2D eigenvalue weighted by atomic mass is 10.1. The molecule has 0 fully saturated rings. The van der Waals surface area contributed by atoms with Crippen molar-refractivity contribution in [3.8, 4) is 11.4 Å². The number of hydrogen-bond donors (Lipinski definition) is 2. The molecular weight excluding hydrogens is 336 g/mol. The maximum atomic E-state index is 4.69. The number of benzene rings is 2. The van der Waals surface area contributed by atoms with E-state index in [1.165, 1.54) is 11.1 Å². The van der Waals surface area contributed by atoms with Crippen LogP contribution < -0.4 is 5.32 Å². The molecule has 5 rings (SSSR count). The Morgan fingerprint density at radius 2 is 2.00 bits per heavy atom. The Labute approximate surface area is 156 Å². The minimum absolute atomic E-state index is 0.712. The van der Waals surface area contributed by atoms with E-state index in [0.29, 0.717) is 5.82 Å². The summed E-state index contributed by atoms with van der Waals surface area (Å²) >= 11 is 0. The van der Waals surface area contributed by atoms with Crippen molar-refractivity contribution in [1.82, 2.24) is 25.1 Å². The summed E-state index contributed by atoms with van der Waals surface area (Å²) in [6, 6.07) is 14.3. The van der Waals surface area contributed by atoms with Crippen LogP contribution in [0.15, 0.2) is 67.6 Å². The number of anilines is 2. The van der Waals surface area contributed by atoms with Gasteiger partial charge in [-0.3, -0.25) is 5.10 Å². The third-order valence-corrected chi connectivity index (χ3v) is 4.84. The molecule has 0 atom stereocenters. The predicted molar refractivity (Wildman–Crippen MR) is 106 cm³/mol. The highest BCUT2D eigenvalue weighted by molar-refractivity contribution is 5.82. The van der Waals surface area contributed by atoms with E-state index in [9.17, 15) is 0 Å². The molecular formula is C21H18N6. The Balaban J connectivity index is 1.43. The first-order valence-corrected chi connectivity index (χ1v) is 8.80. The zero-order valence-corrected chi connectivity index (χ0v) is 14.7. The fourth-order valence-electron chi connectivity index (χ4n) is 3.42. The predicted octanol–water partition coefficient (Wildman–Crippen LogP) is 4.22. The van der Waals surface area contributed by atoms with Gasteiger partial charge in [-0.15, -0.1) is 0 Å². The van der Waals surface area contributed by atoms with Crippen molar-refractivity contribution in [3.05, 3.63) is 78.8 Å². The van der Waals surface area contributed by atoms with Crippen molar-refractivity contribution in [1.29, 1.82) is 0 Å². The summed E-state index contributed by atoms with van der Waals surface area (Å²) in [6.45, 7) is 5.66. The Morgan fingerprint density at radius 3 is 2.93 bits per heavy atom. The second-order valence-corrected chi connectivity index (χ2v) is 6.63. The van der Waals surface area contributed by atoms with E-state index in [4.69, 9.17) is 4.98 Å². The maximum absolute atomic E-state index is 4.69. The van der Waals surface area contributed by atoms with Gasteiger partial charge in [0.1, 0.15) is 5.82 Å². The molecule has 0 saturated carbocycles. The van der Waals surface area contributed by atoms with Gasteiger partial charge >= 0.3 is 0 Å². The smallest absolute Gasteiger partial charge is 0.161 e. The summed E-state index contributed by atoms with van der Waals surface area (Å²) in [6.07, 6.45) is 5.48. The number of rotatable bonds is 4. The molecule has 2 aromatic carbocycles. The zero-order valence-electron chi connectivity index (χ0n) is 14.7. The van der Waals surface area contributed by atoms with Gasteiger partial charge in [-0.1, -0.05) is 18.7 Å². The number of hydrogen-bond acceptors (Lipinski definition) is 5. The standard InChI is InChI=1S/C21H18N6/c1-2-27-12-15-4-3-14(9-17(15)13-27)21-22-8-7-20(25-21)24-18-5-6-19-16(10-18)11-23-26-19/h2-11H,1,12-13H2,(H,23,26)(H,22,24,25). The van der Waals surface area contributed by atoms with E-state index in [1.54, 1.807) is 6.20 Å². The average Bonchev–Trinajstić information content (AvgIpc) is 3.33. The van der Waals surface area contributed by atoms with E-state index in [2.05, 4.69) is 50.2 Å². The fourth-order valence-corrected chi connectivity index (χ4v) is 3.42. The van der Waals surface area contributed by atoms with Crippen LogP contribution in [0.5, 0.6) is 0 Å². The molecule has 1 aliphatic rings. The molecule has 1 aliphatic heterocycles. The number of nitrogens with one attached hydrogen (secondary N) is 2. The number of fused-ring (bicyclic) bond motifs is 2. The van der Waals surface area contributed by atoms with Crippen LogP contribution in [0.4, 0.5) is 11.5 Å². The largest absolute Gasteiger partial charge is 0.369 e. The van der Waals surface area contributed by atoms with Gasteiger partial charge in [0, 0.05) is 35.9 Å². The Bertz CT molecular complexity index is 1150. The molecule has 6 nitrogen and oxygen atoms in total. The van der Waals surface area contributed by atoms with E-state index in [0.717, 1.165) is 41.1 Å². The summed E-state index contributed by atoms with van der Waals surface area (Å²) in [4.78, 5) is 11.3. The van der Waals surface area contributed by atoms with Crippen LogP contribution >= 0.6 is 0 Å². The molecule has 27 heavy (non-hydrogen) atoms. The summed E-state index contributed by atoms with van der Waals surface area (Å²) in [5.41, 5.74) is 5.63. The second kappa shape index (κ2) is 6.25. The van der Waals surface area contributed by atoms with E-state index < -0.39 is 0 Å². The van der Waals surface area contributed by atoms with Gasteiger partial charge in [0.05, 0.1) is 11.7 Å². The topological polar surface area (TPSA) is 69.7 Å². The van der Waals surface area contributed by atoms with Crippen LogP contribution in [0.25, 0.3) is 22.3 Å².